The predicted molar refractivity (Wildman–Crippen MR) is 83.9 cm³/mol. The average Bonchev–Trinajstić information content (AvgIpc) is 3.03. The van der Waals surface area contributed by atoms with Crippen molar-refractivity contribution in [1.29, 1.82) is 0 Å². The number of nitrogens with zero attached hydrogens (tertiary/aromatic N) is 1. The Morgan fingerprint density at radius 3 is 2.95 bits per heavy atom. The fourth-order valence-corrected chi connectivity index (χ4v) is 3.68. The van der Waals surface area contributed by atoms with Crippen molar-refractivity contribution in [1.82, 2.24) is 5.32 Å². The number of anilines is 1. The lowest BCUT2D eigenvalue weighted by atomic mass is 9.90. The molecule has 3 rings (SSSR count). The molecule has 2 heterocycles. The Kier molecular flexibility index (Phi) is 3.89. The number of rotatable bonds is 3. The van der Waals surface area contributed by atoms with Crippen LogP contribution in [0.4, 0.5) is 5.69 Å². The van der Waals surface area contributed by atoms with Gasteiger partial charge >= 0.3 is 0 Å². The van der Waals surface area contributed by atoms with Crippen LogP contribution >= 0.6 is 0 Å². The largest absolute Gasteiger partial charge is 0.495 e. The van der Waals surface area contributed by atoms with Crippen molar-refractivity contribution in [3.63, 3.8) is 0 Å². The lowest BCUT2D eigenvalue weighted by Gasteiger charge is -2.37. The van der Waals surface area contributed by atoms with Crippen LogP contribution in [0.15, 0.2) is 18.2 Å². The first-order chi connectivity index (χ1) is 10.2. The molecule has 0 saturated carbocycles. The van der Waals surface area contributed by atoms with E-state index in [-0.39, 0.29) is 11.4 Å². The molecule has 1 amide bonds. The van der Waals surface area contributed by atoms with Crippen LogP contribution in [-0.2, 0) is 11.2 Å². The molecule has 1 unspecified atom stereocenters. The number of amides is 1. The molecule has 1 atom stereocenters. The molecule has 1 aromatic rings. The summed E-state index contributed by atoms with van der Waals surface area (Å²) in [6, 6.07) is 6.07. The number of aryl methyl sites for hydroxylation is 1. The number of carbonyl (C=O) groups is 1. The maximum absolute atomic E-state index is 13.2. The monoisotopic (exact) mass is 288 g/mol. The van der Waals surface area contributed by atoms with Crippen LogP contribution in [0.2, 0.25) is 0 Å². The number of hydrogen-bond acceptors (Lipinski definition) is 3. The van der Waals surface area contributed by atoms with Gasteiger partial charge in [-0.2, -0.15) is 0 Å². The molecule has 0 radical (unpaired) electrons. The maximum atomic E-state index is 13.2. The predicted octanol–water partition coefficient (Wildman–Crippen LogP) is 2.51. The summed E-state index contributed by atoms with van der Waals surface area (Å²) < 4.78 is 5.51. The number of methoxy groups -OCH3 is 1. The van der Waals surface area contributed by atoms with Gasteiger partial charge in [-0.15, -0.1) is 0 Å². The molecule has 0 aliphatic carbocycles. The van der Waals surface area contributed by atoms with Crippen LogP contribution in [0.1, 0.15) is 38.2 Å². The second-order valence-corrected chi connectivity index (χ2v) is 5.99. The molecule has 0 spiro atoms. The quantitative estimate of drug-likeness (QED) is 0.929. The van der Waals surface area contributed by atoms with Crippen molar-refractivity contribution < 1.29 is 9.53 Å². The van der Waals surface area contributed by atoms with Crippen molar-refractivity contribution in [2.24, 2.45) is 0 Å². The van der Waals surface area contributed by atoms with E-state index in [1.54, 1.807) is 7.11 Å². The summed E-state index contributed by atoms with van der Waals surface area (Å²) in [4.78, 5) is 15.1. The van der Waals surface area contributed by atoms with Crippen LogP contribution in [0.5, 0.6) is 5.75 Å². The zero-order chi connectivity index (χ0) is 14.9. The summed E-state index contributed by atoms with van der Waals surface area (Å²) in [5.74, 6) is 1.03. The van der Waals surface area contributed by atoms with Gasteiger partial charge in [0.05, 0.1) is 18.3 Å². The summed E-state index contributed by atoms with van der Waals surface area (Å²) in [6.07, 6.45) is 4.89. The van der Waals surface area contributed by atoms with E-state index in [2.05, 4.69) is 18.3 Å². The normalized spacial score (nSPS) is 24.8. The number of para-hydroxylation sites is 1. The zero-order valence-corrected chi connectivity index (χ0v) is 12.9. The Hall–Kier alpha value is -1.55. The molecule has 4 heteroatoms. The Balaban J connectivity index is 2.00. The zero-order valence-electron chi connectivity index (χ0n) is 12.9. The fraction of sp³-hybridized carbons (Fsp3) is 0.588. The third kappa shape index (κ3) is 2.31. The molecule has 2 aliphatic heterocycles. The first-order valence-electron chi connectivity index (χ1n) is 7.95. The molecule has 1 aromatic carbocycles. The standard InChI is InChI=1S/C17H24N2O2/c1-3-17(10-6-11-18-17)16(20)19-12-5-8-13-7-4-9-14(21-2)15(13)19/h4,7,9,18H,3,5-6,8,10-12H2,1-2H3. The van der Waals surface area contributed by atoms with Crippen LogP contribution < -0.4 is 15.0 Å². The van der Waals surface area contributed by atoms with Gasteiger partial charge in [-0.3, -0.25) is 4.79 Å². The Morgan fingerprint density at radius 2 is 2.29 bits per heavy atom. The van der Waals surface area contributed by atoms with Crippen molar-refractivity contribution in [2.45, 2.75) is 44.6 Å². The van der Waals surface area contributed by atoms with Crippen molar-refractivity contribution in [3.8, 4) is 5.75 Å². The first kappa shape index (κ1) is 14.4. The van der Waals surface area contributed by atoms with Gasteiger partial charge in [-0.1, -0.05) is 19.1 Å². The fourth-order valence-electron chi connectivity index (χ4n) is 3.68. The molecule has 0 aromatic heterocycles. The highest BCUT2D eigenvalue weighted by Crippen LogP contribution is 2.38. The van der Waals surface area contributed by atoms with E-state index in [0.29, 0.717) is 0 Å². The molecule has 4 nitrogen and oxygen atoms in total. The second kappa shape index (κ2) is 5.68. The van der Waals surface area contributed by atoms with E-state index >= 15 is 0 Å². The third-order valence-electron chi connectivity index (χ3n) is 4.90. The molecular weight excluding hydrogens is 264 g/mol. The minimum absolute atomic E-state index is 0.216. The van der Waals surface area contributed by atoms with E-state index in [1.807, 2.05) is 17.0 Å². The van der Waals surface area contributed by atoms with Crippen LogP contribution in [0, 0.1) is 0 Å². The number of ether oxygens (including phenoxy) is 1. The first-order valence-corrected chi connectivity index (χ1v) is 7.95. The van der Waals surface area contributed by atoms with E-state index in [4.69, 9.17) is 4.74 Å². The number of nitrogens with one attached hydrogen (secondary N) is 1. The SMILES string of the molecule is CCC1(C(=O)N2CCCc3cccc(OC)c32)CCCN1. The van der Waals surface area contributed by atoms with Crippen LogP contribution in [0.3, 0.4) is 0 Å². The van der Waals surface area contributed by atoms with Gasteiger partial charge in [-0.25, -0.2) is 0 Å². The van der Waals surface area contributed by atoms with Gasteiger partial charge in [0.25, 0.3) is 0 Å². The Morgan fingerprint density at radius 1 is 1.43 bits per heavy atom. The smallest absolute Gasteiger partial charge is 0.247 e. The highest BCUT2D eigenvalue weighted by molar-refractivity contribution is 6.02. The Bertz CT molecular complexity index is 521. The van der Waals surface area contributed by atoms with Gasteiger partial charge in [0.15, 0.2) is 0 Å². The van der Waals surface area contributed by atoms with Gasteiger partial charge in [-0.05, 0) is 50.3 Å². The van der Waals surface area contributed by atoms with E-state index < -0.39 is 0 Å². The third-order valence-corrected chi connectivity index (χ3v) is 4.90. The van der Waals surface area contributed by atoms with E-state index in [0.717, 1.165) is 56.6 Å². The van der Waals surface area contributed by atoms with Gasteiger partial charge in [0.1, 0.15) is 5.75 Å². The molecule has 21 heavy (non-hydrogen) atoms. The summed E-state index contributed by atoms with van der Waals surface area (Å²) in [6.45, 7) is 3.82. The second-order valence-electron chi connectivity index (χ2n) is 5.99. The number of carbonyl (C=O) groups excluding carboxylic acids is 1. The van der Waals surface area contributed by atoms with E-state index in [9.17, 15) is 4.79 Å². The van der Waals surface area contributed by atoms with Crippen molar-refractivity contribution >= 4 is 11.6 Å². The van der Waals surface area contributed by atoms with Crippen LogP contribution in [0.25, 0.3) is 0 Å². The van der Waals surface area contributed by atoms with Crippen molar-refractivity contribution in [2.75, 3.05) is 25.1 Å². The summed E-state index contributed by atoms with van der Waals surface area (Å²) in [5.41, 5.74) is 1.83. The summed E-state index contributed by atoms with van der Waals surface area (Å²) in [5, 5.41) is 3.45. The number of benzene rings is 1. The molecule has 2 aliphatic rings. The molecule has 0 bridgehead atoms. The molecule has 1 fully saturated rings. The lowest BCUT2D eigenvalue weighted by Crippen LogP contribution is -2.55. The molecule has 1 saturated heterocycles. The summed E-state index contributed by atoms with van der Waals surface area (Å²) >= 11 is 0. The van der Waals surface area contributed by atoms with Crippen LogP contribution in [-0.4, -0.2) is 31.6 Å². The Labute approximate surface area is 126 Å². The average molecular weight is 288 g/mol. The lowest BCUT2D eigenvalue weighted by molar-refractivity contribution is -0.124. The van der Waals surface area contributed by atoms with Crippen molar-refractivity contribution in [3.05, 3.63) is 23.8 Å². The molecule has 1 N–H and O–H groups in total. The highest BCUT2D eigenvalue weighted by atomic mass is 16.5. The highest BCUT2D eigenvalue weighted by Gasteiger charge is 2.43. The van der Waals surface area contributed by atoms with Gasteiger partial charge in [0.2, 0.25) is 5.91 Å². The van der Waals surface area contributed by atoms with E-state index in [1.165, 1.54) is 5.56 Å². The van der Waals surface area contributed by atoms with Gasteiger partial charge < -0.3 is 15.0 Å². The number of hydrogen-bond donors (Lipinski definition) is 1. The minimum atomic E-state index is -0.380. The molecular formula is C17H24N2O2. The topological polar surface area (TPSA) is 41.6 Å². The molecule has 114 valence electrons. The van der Waals surface area contributed by atoms with Gasteiger partial charge in [0, 0.05) is 6.54 Å². The number of fused-ring (bicyclic) bond motifs is 1. The minimum Gasteiger partial charge on any atom is -0.495 e. The maximum Gasteiger partial charge on any atom is 0.247 e. The summed E-state index contributed by atoms with van der Waals surface area (Å²) in [7, 11) is 1.68.